The van der Waals surface area contributed by atoms with Crippen LogP contribution in [0.4, 0.5) is 5.69 Å². The number of benzene rings is 2. The summed E-state index contributed by atoms with van der Waals surface area (Å²) >= 11 is 0. The van der Waals surface area contributed by atoms with Gasteiger partial charge in [-0.15, -0.1) is 0 Å². The van der Waals surface area contributed by atoms with E-state index < -0.39 is 12.0 Å². The Kier molecular flexibility index (Phi) is 5.66. The molecule has 1 fully saturated rings. The standard InChI is InChI=1S/C25H27N3O5/c1-15(24(30)27-20-8-4-6-16-5-2-3-7-19(16)20)26-25(31)17-11-23(29)28(13-17)18-9-10-21-22(12-18)33-14-32-21/h2-3,5,7,9-10,12,15,17,20H,4,6,8,11,13-14H2,1H3,(H,26,31)(H,27,30)/t15-,17+,20+/m0/s1. The lowest BCUT2D eigenvalue weighted by atomic mass is 9.87. The third-order valence-corrected chi connectivity index (χ3v) is 6.60. The first-order valence-corrected chi connectivity index (χ1v) is 11.4. The molecular formula is C25H27N3O5. The van der Waals surface area contributed by atoms with Crippen molar-refractivity contribution in [2.75, 3.05) is 18.2 Å². The van der Waals surface area contributed by atoms with Crippen molar-refractivity contribution >= 4 is 23.4 Å². The highest BCUT2D eigenvalue weighted by Gasteiger charge is 2.37. The Morgan fingerprint density at radius 1 is 1.12 bits per heavy atom. The molecule has 0 saturated carbocycles. The monoisotopic (exact) mass is 449 g/mol. The minimum absolute atomic E-state index is 0.0450. The minimum atomic E-state index is -0.693. The third-order valence-electron chi connectivity index (χ3n) is 6.60. The summed E-state index contributed by atoms with van der Waals surface area (Å²) in [5, 5.41) is 5.88. The van der Waals surface area contributed by atoms with Crippen LogP contribution >= 0.6 is 0 Å². The second kappa shape index (κ2) is 8.77. The van der Waals surface area contributed by atoms with Crippen molar-refractivity contribution in [1.82, 2.24) is 10.6 Å². The van der Waals surface area contributed by atoms with E-state index in [0.29, 0.717) is 17.2 Å². The SMILES string of the molecule is C[C@H](NC(=O)[C@@H]1CC(=O)N(c2ccc3c(c2)OCO3)C1)C(=O)N[C@@H]1CCCc2ccccc21. The van der Waals surface area contributed by atoms with Crippen LogP contribution in [-0.4, -0.2) is 37.1 Å². The molecule has 3 amide bonds. The normalized spacial score (nSPS) is 22.0. The molecule has 2 aromatic rings. The number of carbonyl (C=O) groups excluding carboxylic acids is 3. The number of aryl methyl sites for hydroxylation is 1. The minimum Gasteiger partial charge on any atom is -0.454 e. The number of amides is 3. The molecule has 0 bridgehead atoms. The van der Waals surface area contributed by atoms with E-state index in [1.807, 2.05) is 12.1 Å². The van der Waals surface area contributed by atoms with Gasteiger partial charge in [0.25, 0.3) is 0 Å². The number of hydrogen-bond acceptors (Lipinski definition) is 5. The van der Waals surface area contributed by atoms with E-state index in [1.165, 1.54) is 5.56 Å². The maximum Gasteiger partial charge on any atom is 0.242 e. The maximum atomic E-state index is 12.8. The molecule has 0 radical (unpaired) electrons. The molecule has 0 unspecified atom stereocenters. The van der Waals surface area contributed by atoms with E-state index in [1.54, 1.807) is 30.0 Å². The number of fused-ring (bicyclic) bond motifs is 2. The molecule has 8 heteroatoms. The van der Waals surface area contributed by atoms with Crippen molar-refractivity contribution in [3.05, 3.63) is 53.6 Å². The Morgan fingerprint density at radius 3 is 2.82 bits per heavy atom. The first-order valence-electron chi connectivity index (χ1n) is 11.4. The molecule has 2 heterocycles. The maximum absolute atomic E-state index is 12.8. The fourth-order valence-electron chi connectivity index (χ4n) is 4.78. The van der Waals surface area contributed by atoms with Crippen LogP contribution in [0, 0.1) is 5.92 Å². The van der Waals surface area contributed by atoms with Crippen molar-refractivity contribution in [1.29, 1.82) is 0 Å². The predicted octanol–water partition coefficient (Wildman–Crippen LogP) is 2.47. The Balaban J connectivity index is 1.18. The van der Waals surface area contributed by atoms with E-state index >= 15 is 0 Å². The van der Waals surface area contributed by atoms with Gasteiger partial charge in [0.1, 0.15) is 6.04 Å². The quantitative estimate of drug-likeness (QED) is 0.731. The third kappa shape index (κ3) is 4.25. The van der Waals surface area contributed by atoms with Crippen LogP contribution in [0.25, 0.3) is 0 Å². The van der Waals surface area contributed by atoms with Crippen molar-refractivity contribution in [2.45, 2.75) is 44.7 Å². The average Bonchev–Trinajstić information content (AvgIpc) is 3.45. The molecule has 2 aromatic carbocycles. The average molecular weight is 450 g/mol. The van der Waals surface area contributed by atoms with Gasteiger partial charge in [0.2, 0.25) is 24.5 Å². The molecule has 1 saturated heterocycles. The lowest BCUT2D eigenvalue weighted by Gasteiger charge is -2.28. The van der Waals surface area contributed by atoms with E-state index in [2.05, 4.69) is 22.8 Å². The summed E-state index contributed by atoms with van der Waals surface area (Å²) in [6.45, 7) is 2.09. The van der Waals surface area contributed by atoms with Crippen LogP contribution in [-0.2, 0) is 20.8 Å². The smallest absolute Gasteiger partial charge is 0.242 e. The molecule has 2 aliphatic heterocycles. The number of nitrogens with zero attached hydrogens (tertiary/aromatic N) is 1. The van der Waals surface area contributed by atoms with Gasteiger partial charge in [-0.25, -0.2) is 0 Å². The van der Waals surface area contributed by atoms with Gasteiger partial charge in [0.15, 0.2) is 11.5 Å². The van der Waals surface area contributed by atoms with Crippen LogP contribution in [0.2, 0.25) is 0 Å². The summed E-state index contributed by atoms with van der Waals surface area (Å²) in [4.78, 5) is 39.8. The zero-order chi connectivity index (χ0) is 22.9. The highest BCUT2D eigenvalue weighted by molar-refractivity contribution is 6.01. The van der Waals surface area contributed by atoms with Crippen LogP contribution in [0.1, 0.15) is 43.4 Å². The summed E-state index contributed by atoms with van der Waals surface area (Å²) in [5.41, 5.74) is 3.08. The van der Waals surface area contributed by atoms with Gasteiger partial charge in [0, 0.05) is 24.7 Å². The number of anilines is 1. The van der Waals surface area contributed by atoms with Gasteiger partial charge in [-0.2, -0.15) is 0 Å². The zero-order valence-electron chi connectivity index (χ0n) is 18.5. The van der Waals surface area contributed by atoms with Gasteiger partial charge in [-0.3, -0.25) is 14.4 Å². The number of hydrogen-bond donors (Lipinski definition) is 2. The van der Waals surface area contributed by atoms with Gasteiger partial charge in [-0.05, 0) is 49.4 Å². The Labute approximate surface area is 192 Å². The summed E-state index contributed by atoms with van der Waals surface area (Å²) in [6, 6.07) is 12.7. The second-order valence-corrected chi connectivity index (χ2v) is 8.83. The lowest BCUT2D eigenvalue weighted by molar-refractivity contribution is -0.131. The van der Waals surface area contributed by atoms with E-state index in [-0.39, 0.29) is 43.5 Å². The van der Waals surface area contributed by atoms with Gasteiger partial charge >= 0.3 is 0 Å². The van der Waals surface area contributed by atoms with Crippen molar-refractivity contribution < 1.29 is 23.9 Å². The summed E-state index contributed by atoms with van der Waals surface area (Å²) in [6.07, 6.45) is 3.02. The number of carbonyl (C=O) groups is 3. The van der Waals surface area contributed by atoms with Crippen LogP contribution in [0.3, 0.4) is 0 Å². The van der Waals surface area contributed by atoms with Gasteiger partial charge < -0.3 is 25.0 Å². The summed E-state index contributed by atoms with van der Waals surface area (Å²) < 4.78 is 10.7. The van der Waals surface area contributed by atoms with Crippen molar-refractivity contribution in [3.8, 4) is 11.5 Å². The molecule has 8 nitrogen and oxygen atoms in total. The molecule has 33 heavy (non-hydrogen) atoms. The molecule has 1 aliphatic carbocycles. The number of rotatable bonds is 5. The molecule has 172 valence electrons. The molecule has 0 aromatic heterocycles. The molecule has 3 atom stereocenters. The zero-order valence-corrected chi connectivity index (χ0v) is 18.5. The largest absolute Gasteiger partial charge is 0.454 e. The van der Waals surface area contributed by atoms with E-state index in [4.69, 9.17) is 9.47 Å². The topological polar surface area (TPSA) is 97.0 Å². The predicted molar refractivity (Wildman–Crippen MR) is 121 cm³/mol. The first kappa shape index (κ1) is 21.3. The van der Waals surface area contributed by atoms with Gasteiger partial charge in [0.05, 0.1) is 12.0 Å². The number of nitrogens with one attached hydrogen (secondary N) is 2. The van der Waals surface area contributed by atoms with Crippen molar-refractivity contribution in [2.24, 2.45) is 5.92 Å². The summed E-state index contributed by atoms with van der Waals surface area (Å²) in [7, 11) is 0. The van der Waals surface area contributed by atoms with Gasteiger partial charge in [-0.1, -0.05) is 24.3 Å². The van der Waals surface area contributed by atoms with Crippen LogP contribution < -0.4 is 25.0 Å². The molecular weight excluding hydrogens is 422 g/mol. The van der Waals surface area contributed by atoms with Crippen LogP contribution in [0.15, 0.2) is 42.5 Å². The molecule has 0 spiro atoms. The highest BCUT2D eigenvalue weighted by atomic mass is 16.7. The second-order valence-electron chi connectivity index (χ2n) is 8.83. The fourth-order valence-corrected chi connectivity index (χ4v) is 4.78. The molecule has 5 rings (SSSR count). The Bertz CT molecular complexity index is 1100. The lowest BCUT2D eigenvalue weighted by Crippen LogP contribution is -2.48. The Hall–Kier alpha value is -3.55. The van der Waals surface area contributed by atoms with Crippen molar-refractivity contribution in [3.63, 3.8) is 0 Å². The van der Waals surface area contributed by atoms with E-state index in [0.717, 1.165) is 24.8 Å². The number of ether oxygens (including phenoxy) is 2. The fraction of sp³-hybridized carbons (Fsp3) is 0.400. The first-order chi connectivity index (χ1) is 16.0. The highest BCUT2D eigenvalue weighted by Crippen LogP contribution is 2.37. The van der Waals surface area contributed by atoms with E-state index in [9.17, 15) is 14.4 Å². The molecule has 3 aliphatic rings. The van der Waals surface area contributed by atoms with Crippen LogP contribution in [0.5, 0.6) is 11.5 Å². The Morgan fingerprint density at radius 2 is 1.94 bits per heavy atom. The summed E-state index contributed by atoms with van der Waals surface area (Å²) in [5.74, 6) is 0.0571. The molecule has 2 N–H and O–H groups in total.